The number of carboxylic acid groups (broad SMARTS) is 1. The first-order valence-corrected chi connectivity index (χ1v) is 6.57. The molecule has 1 fully saturated rings. The number of aromatic carboxylic acids is 1. The Labute approximate surface area is 115 Å². The molecule has 106 valence electrons. The van der Waals surface area contributed by atoms with Crippen molar-refractivity contribution < 1.29 is 19.4 Å². The van der Waals surface area contributed by atoms with E-state index in [1.165, 1.54) is 13.2 Å². The molecule has 0 spiro atoms. The molecule has 0 unspecified atom stereocenters. The van der Waals surface area contributed by atoms with Gasteiger partial charge in [-0.1, -0.05) is 0 Å². The summed E-state index contributed by atoms with van der Waals surface area (Å²) in [5, 5.41) is 9.17. The predicted molar refractivity (Wildman–Crippen MR) is 72.2 cm³/mol. The van der Waals surface area contributed by atoms with Gasteiger partial charge in [0.25, 0.3) is 0 Å². The number of nitrogens with zero attached hydrogens (tertiary/aromatic N) is 2. The van der Waals surface area contributed by atoms with Crippen molar-refractivity contribution in [3.05, 3.63) is 24.0 Å². The van der Waals surface area contributed by atoms with Crippen molar-refractivity contribution in [2.24, 2.45) is 0 Å². The van der Waals surface area contributed by atoms with Crippen molar-refractivity contribution in [1.29, 1.82) is 0 Å². The third kappa shape index (κ3) is 2.22. The number of carboxylic acids is 1. The first-order chi connectivity index (χ1) is 9.69. The summed E-state index contributed by atoms with van der Waals surface area (Å²) in [5.74, 6) is -0.499. The Bertz CT molecular complexity index is 644. The van der Waals surface area contributed by atoms with Crippen molar-refractivity contribution in [2.45, 2.75) is 25.5 Å². The number of carbonyl (C=O) groups is 1. The summed E-state index contributed by atoms with van der Waals surface area (Å²) >= 11 is 0. The molecule has 6 nitrogen and oxygen atoms in total. The van der Waals surface area contributed by atoms with Crippen LogP contribution in [0.15, 0.2) is 18.5 Å². The normalized spacial score (nSPS) is 18.6. The summed E-state index contributed by atoms with van der Waals surface area (Å²) in [5.41, 5.74) is 1.64. The highest BCUT2D eigenvalue weighted by Gasteiger charge is 2.19. The molecule has 2 aromatic rings. The quantitative estimate of drug-likeness (QED) is 0.923. The van der Waals surface area contributed by atoms with Crippen molar-refractivity contribution >= 4 is 17.0 Å². The van der Waals surface area contributed by atoms with Crippen LogP contribution in [0.5, 0.6) is 5.75 Å². The van der Waals surface area contributed by atoms with Crippen LogP contribution < -0.4 is 4.74 Å². The van der Waals surface area contributed by atoms with Gasteiger partial charge >= 0.3 is 5.97 Å². The van der Waals surface area contributed by atoms with Gasteiger partial charge < -0.3 is 19.1 Å². The Balaban J connectivity index is 2.04. The number of imidazole rings is 1. The molecular formula is C14H16N2O4. The Morgan fingerprint density at radius 1 is 1.60 bits per heavy atom. The minimum absolute atomic E-state index is 0.173. The molecule has 1 aromatic carbocycles. The lowest BCUT2D eigenvalue weighted by molar-refractivity contribution is 0.0696. The fraction of sp³-hybridized carbons (Fsp3) is 0.429. The van der Waals surface area contributed by atoms with Gasteiger partial charge in [-0.3, -0.25) is 0 Å². The van der Waals surface area contributed by atoms with Crippen molar-refractivity contribution in [3.63, 3.8) is 0 Å². The smallest absolute Gasteiger partial charge is 0.335 e. The van der Waals surface area contributed by atoms with Crippen molar-refractivity contribution in [3.8, 4) is 5.75 Å². The average molecular weight is 276 g/mol. The molecule has 1 aliphatic heterocycles. The van der Waals surface area contributed by atoms with Gasteiger partial charge in [0, 0.05) is 6.61 Å². The molecule has 3 rings (SSSR count). The van der Waals surface area contributed by atoms with E-state index in [0.717, 1.165) is 25.0 Å². The minimum Gasteiger partial charge on any atom is -0.494 e. The van der Waals surface area contributed by atoms with Crippen LogP contribution >= 0.6 is 0 Å². The number of benzene rings is 1. The molecule has 0 aliphatic carbocycles. The SMILES string of the molecule is COc1cc(C(=O)O)cc2c1ncn2C[C@@H]1CCCO1. The summed E-state index contributed by atoms with van der Waals surface area (Å²) in [6, 6.07) is 3.12. The zero-order valence-corrected chi connectivity index (χ0v) is 11.2. The highest BCUT2D eigenvalue weighted by Crippen LogP contribution is 2.27. The largest absolute Gasteiger partial charge is 0.494 e. The van der Waals surface area contributed by atoms with Gasteiger partial charge in [-0.05, 0) is 25.0 Å². The summed E-state index contributed by atoms with van der Waals surface area (Å²) in [4.78, 5) is 15.5. The molecule has 0 bridgehead atoms. The number of hydrogen-bond donors (Lipinski definition) is 1. The van der Waals surface area contributed by atoms with Gasteiger partial charge in [0.1, 0.15) is 11.3 Å². The first-order valence-electron chi connectivity index (χ1n) is 6.57. The Hall–Kier alpha value is -2.08. The fourth-order valence-corrected chi connectivity index (χ4v) is 2.56. The second-order valence-electron chi connectivity index (χ2n) is 4.88. The molecule has 2 heterocycles. The van der Waals surface area contributed by atoms with Crippen LogP contribution in [0.25, 0.3) is 11.0 Å². The summed E-state index contributed by atoms with van der Waals surface area (Å²) in [6.45, 7) is 1.48. The number of methoxy groups -OCH3 is 1. The molecule has 1 N–H and O–H groups in total. The minimum atomic E-state index is -0.977. The van der Waals surface area contributed by atoms with Gasteiger partial charge in [0.15, 0.2) is 0 Å². The average Bonchev–Trinajstić information content (AvgIpc) is 3.08. The Morgan fingerprint density at radius 3 is 3.10 bits per heavy atom. The van der Waals surface area contributed by atoms with Crippen LogP contribution in [0.2, 0.25) is 0 Å². The molecular weight excluding hydrogens is 260 g/mol. The third-order valence-corrected chi connectivity index (χ3v) is 3.58. The number of fused-ring (bicyclic) bond motifs is 1. The van der Waals surface area contributed by atoms with E-state index in [9.17, 15) is 4.79 Å². The molecule has 1 aliphatic rings. The molecule has 1 saturated heterocycles. The van der Waals surface area contributed by atoms with E-state index < -0.39 is 5.97 Å². The lowest BCUT2D eigenvalue weighted by Gasteiger charge is -2.11. The Morgan fingerprint density at radius 2 is 2.45 bits per heavy atom. The van der Waals surface area contributed by atoms with Crippen molar-refractivity contribution in [2.75, 3.05) is 13.7 Å². The summed E-state index contributed by atoms with van der Waals surface area (Å²) in [6.07, 6.45) is 3.98. The first kappa shape index (κ1) is 12.9. The zero-order chi connectivity index (χ0) is 14.1. The molecule has 1 aromatic heterocycles. The third-order valence-electron chi connectivity index (χ3n) is 3.58. The topological polar surface area (TPSA) is 73.6 Å². The number of hydrogen-bond acceptors (Lipinski definition) is 4. The van der Waals surface area contributed by atoms with Gasteiger partial charge in [0.05, 0.1) is 37.2 Å². The summed E-state index contributed by atoms with van der Waals surface area (Å²) in [7, 11) is 1.51. The van der Waals surface area contributed by atoms with Crippen LogP contribution in [0, 0.1) is 0 Å². The Kier molecular flexibility index (Phi) is 3.31. The van der Waals surface area contributed by atoms with E-state index in [2.05, 4.69) is 4.98 Å². The van der Waals surface area contributed by atoms with Crippen molar-refractivity contribution in [1.82, 2.24) is 9.55 Å². The van der Waals surface area contributed by atoms with Crippen LogP contribution in [0.3, 0.4) is 0 Å². The van der Waals surface area contributed by atoms with Gasteiger partial charge in [-0.25, -0.2) is 9.78 Å². The molecule has 6 heteroatoms. The van der Waals surface area contributed by atoms with Crippen LogP contribution in [-0.4, -0.2) is 40.4 Å². The van der Waals surface area contributed by atoms with Crippen LogP contribution in [-0.2, 0) is 11.3 Å². The molecule has 1 atom stereocenters. The van der Waals surface area contributed by atoms with Gasteiger partial charge in [0.2, 0.25) is 0 Å². The van der Waals surface area contributed by atoms with E-state index in [-0.39, 0.29) is 11.7 Å². The molecule has 0 saturated carbocycles. The van der Waals surface area contributed by atoms with E-state index in [4.69, 9.17) is 14.6 Å². The lowest BCUT2D eigenvalue weighted by Crippen LogP contribution is -2.14. The van der Waals surface area contributed by atoms with E-state index in [0.29, 0.717) is 17.8 Å². The van der Waals surface area contributed by atoms with Gasteiger partial charge in [-0.2, -0.15) is 0 Å². The van der Waals surface area contributed by atoms with E-state index in [1.54, 1.807) is 12.4 Å². The van der Waals surface area contributed by atoms with Gasteiger partial charge in [-0.15, -0.1) is 0 Å². The lowest BCUT2D eigenvalue weighted by atomic mass is 10.1. The van der Waals surface area contributed by atoms with E-state index >= 15 is 0 Å². The van der Waals surface area contributed by atoms with Crippen LogP contribution in [0.1, 0.15) is 23.2 Å². The highest BCUT2D eigenvalue weighted by atomic mass is 16.5. The molecule has 0 radical (unpaired) electrons. The maximum absolute atomic E-state index is 11.2. The molecule has 0 amide bonds. The number of rotatable bonds is 4. The second kappa shape index (κ2) is 5.13. The van der Waals surface area contributed by atoms with Crippen LogP contribution in [0.4, 0.5) is 0 Å². The number of ether oxygens (including phenoxy) is 2. The highest BCUT2D eigenvalue weighted by molar-refractivity contribution is 5.95. The van der Waals surface area contributed by atoms with E-state index in [1.807, 2.05) is 4.57 Å². The maximum atomic E-state index is 11.2. The monoisotopic (exact) mass is 276 g/mol. The fourth-order valence-electron chi connectivity index (χ4n) is 2.56. The number of aromatic nitrogens is 2. The predicted octanol–water partition coefficient (Wildman–Crippen LogP) is 1.92. The summed E-state index contributed by atoms with van der Waals surface area (Å²) < 4.78 is 12.8. The maximum Gasteiger partial charge on any atom is 0.335 e. The molecule has 20 heavy (non-hydrogen) atoms. The second-order valence-corrected chi connectivity index (χ2v) is 4.88. The standard InChI is InChI=1S/C14H16N2O4/c1-19-12-6-9(14(17)18)5-11-13(12)15-8-16(11)7-10-3-2-4-20-10/h5-6,8,10H,2-4,7H2,1H3,(H,17,18)/t10-/m0/s1. The zero-order valence-electron chi connectivity index (χ0n) is 11.2.